The first-order valence-electron chi connectivity index (χ1n) is 4.28. The zero-order valence-corrected chi connectivity index (χ0v) is 10.1. The summed E-state index contributed by atoms with van der Waals surface area (Å²) in [6.45, 7) is 1.97. The third-order valence-electron chi connectivity index (χ3n) is 2.31. The van der Waals surface area contributed by atoms with Crippen LogP contribution >= 0.6 is 27.3 Å². The fourth-order valence-electron chi connectivity index (χ4n) is 1.48. The molecular formula is C11H9BrOS. The number of aldehydes is 1. The molecule has 0 fully saturated rings. The van der Waals surface area contributed by atoms with Crippen LogP contribution in [0.25, 0.3) is 10.1 Å². The molecule has 0 bridgehead atoms. The summed E-state index contributed by atoms with van der Waals surface area (Å²) in [7, 11) is 0. The highest BCUT2D eigenvalue weighted by molar-refractivity contribution is 9.08. The molecule has 0 atom stereocenters. The van der Waals surface area contributed by atoms with Gasteiger partial charge in [-0.05, 0) is 40.9 Å². The van der Waals surface area contributed by atoms with Gasteiger partial charge in [0.05, 0.1) is 0 Å². The number of benzene rings is 1. The Morgan fingerprint density at radius 1 is 1.50 bits per heavy atom. The Morgan fingerprint density at radius 3 is 2.93 bits per heavy atom. The molecule has 0 spiro atoms. The quantitative estimate of drug-likeness (QED) is 0.596. The predicted molar refractivity (Wildman–Crippen MR) is 64.6 cm³/mol. The molecule has 3 heteroatoms. The Labute approximate surface area is 94.9 Å². The predicted octanol–water partition coefficient (Wildman–Crippen LogP) is 3.92. The second-order valence-electron chi connectivity index (χ2n) is 3.22. The molecule has 0 radical (unpaired) electrons. The van der Waals surface area contributed by atoms with Crippen molar-refractivity contribution in [2.45, 2.75) is 12.3 Å². The van der Waals surface area contributed by atoms with E-state index in [1.807, 2.05) is 13.0 Å². The van der Waals surface area contributed by atoms with E-state index >= 15 is 0 Å². The topological polar surface area (TPSA) is 17.1 Å². The van der Waals surface area contributed by atoms with E-state index in [1.165, 1.54) is 15.6 Å². The molecule has 0 saturated heterocycles. The molecule has 2 rings (SSSR count). The molecule has 2 aromatic rings. The van der Waals surface area contributed by atoms with Crippen LogP contribution in [0.2, 0.25) is 0 Å². The lowest BCUT2D eigenvalue weighted by atomic mass is 10.1. The minimum absolute atomic E-state index is 0.790. The van der Waals surface area contributed by atoms with Crippen LogP contribution in [0.15, 0.2) is 17.5 Å². The van der Waals surface area contributed by atoms with Crippen molar-refractivity contribution in [1.82, 2.24) is 0 Å². The van der Waals surface area contributed by atoms with Crippen molar-refractivity contribution < 1.29 is 4.79 Å². The van der Waals surface area contributed by atoms with Gasteiger partial charge in [-0.1, -0.05) is 15.9 Å². The minimum Gasteiger partial charge on any atom is -0.298 e. The summed E-state index contributed by atoms with van der Waals surface area (Å²) in [6, 6.07) is 4.06. The summed E-state index contributed by atoms with van der Waals surface area (Å²) in [6.07, 6.45) is 0.921. The van der Waals surface area contributed by atoms with Crippen molar-refractivity contribution in [3.8, 4) is 0 Å². The highest BCUT2D eigenvalue weighted by atomic mass is 79.9. The van der Waals surface area contributed by atoms with Crippen molar-refractivity contribution in [2.24, 2.45) is 0 Å². The molecule has 1 heterocycles. The fraction of sp³-hybridized carbons (Fsp3) is 0.182. The van der Waals surface area contributed by atoms with E-state index in [0.717, 1.165) is 22.7 Å². The average molecular weight is 269 g/mol. The summed E-state index contributed by atoms with van der Waals surface area (Å²) in [5, 5.41) is 4.17. The van der Waals surface area contributed by atoms with Gasteiger partial charge in [0.15, 0.2) is 0 Å². The van der Waals surface area contributed by atoms with E-state index in [2.05, 4.69) is 27.4 Å². The Balaban J connectivity index is 2.76. The Morgan fingerprint density at radius 2 is 2.29 bits per heavy atom. The highest BCUT2D eigenvalue weighted by Crippen LogP contribution is 2.29. The van der Waals surface area contributed by atoms with Gasteiger partial charge in [-0.15, -0.1) is 11.3 Å². The van der Waals surface area contributed by atoms with Crippen LogP contribution in [0.3, 0.4) is 0 Å². The van der Waals surface area contributed by atoms with Gasteiger partial charge in [-0.25, -0.2) is 0 Å². The highest BCUT2D eigenvalue weighted by Gasteiger charge is 2.06. The zero-order valence-electron chi connectivity index (χ0n) is 7.71. The Hall–Kier alpha value is -0.670. The summed E-state index contributed by atoms with van der Waals surface area (Å²) >= 11 is 5.17. The molecule has 0 aliphatic rings. The van der Waals surface area contributed by atoms with Crippen LogP contribution in [0.5, 0.6) is 0 Å². The summed E-state index contributed by atoms with van der Waals surface area (Å²) in [5.41, 5.74) is 3.10. The minimum atomic E-state index is 0.790. The number of aryl methyl sites for hydroxylation is 1. The summed E-state index contributed by atoms with van der Waals surface area (Å²) in [4.78, 5) is 10.8. The number of rotatable bonds is 2. The van der Waals surface area contributed by atoms with E-state index in [4.69, 9.17) is 0 Å². The molecule has 1 aromatic heterocycles. The molecule has 14 heavy (non-hydrogen) atoms. The maximum Gasteiger partial charge on any atom is 0.150 e. The lowest BCUT2D eigenvalue weighted by Gasteiger charge is -1.99. The van der Waals surface area contributed by atoms with E-state index in [0.29, 0.717) is 0 Å². The molecule has 1 aromatic carbocycles. The van der Waals surface area contributed by atoms with Crippen LogP contribution in [-0.4, -0.2) is 6.29 Å². The Kier molecular flexibility index (Phi) is 2.70. The first-order chi connectivity index (χ1) is 6.76. The van der Waals surface area contributed by atoms with Gasteiger partial charge >= 0.3 is 0 Å². The van der Waals surface area contributed by atoms with Gasteiger partial charge in [0.2, 0.25) is 0 Å². The van der Waals surface area contributed by atoms with E-state index in [-0.39, 0.29) is 0 Å². The SMILES string of the molecule is Cc1cc2scc(CBr)c2cc1C=O. The first-order valence-corrected chi connectivity index (χ1v) is 6.28. The molecule has 0 aliphatic carbocycles. The monoisotopic (exact) mass is 268 g/mol. The number of carbonyl (C=O) groups excluding carboxylic acids is 1. The summed E-state index contributed by atoms with van der Waals surface area (Å²) in [5.74, 6) is 0. The number of hydrogen-bond acceptors (Lipinski definition) is 2. The molecule has 0 amide bonds. The maximum absolute atomic E-state index is 10.8. The maximum atomic E-state index is 10.8. The normalized spacial score (nSPS) is 10.7. The third-order valence-corrected chi connectivity index (χ3v) is 3.91. The second kappa shape index (κ2) is 3.83. The number of carbonyl (C=O) groups is 1. The van der Waals surface area contributed by atoms with Gasteiger partial charge < -0.3 is 0 Å². The second-order valence-corrected chi connectivity index (χ2v) is 4.69. The number of fused-ring (bicyclic) bond motifs is 1. The van der Waals surface area contributed by atoms with Crippen LogP contribution < -0.4 is 0 Å². The Bertz CT molecular complexity index is 487. The average Bonchev–Trinajstić information content (AvgIpc) is 2.58. The van der Waals surface area contributed by atoms with Crippen molar-refractivity contribution in [1.29, 1.82) is 0 Å². The van der Waals surface area contributed by atoms with Crippen LogP contribution in [0.1, 0.15) is 21.5 Å². The van der Waals surface area contributed by atoms with Crippen LogP contribution in [0.4, 0.5) is 0 Å². The van der Waals surface area contributed by atoms with E-state index in [1.54, 1.807) is 11.3 Å². The molecule has 0 aliphatic heterocycles. The van der Waals surface area contributed by atoms with Crippen LogP contribution in [0, 0.1) is 6.92 Å². The van der Waals surface area contributed by atoms with E-state index in [9.17, 15) is 4.79 Å². The number of thiophene rings is 1. The molecule has 1 nitrogen and oxygen atoms in total. The number of alkyl halides is 1. The lowest BCUT2D eigenvalue weighted by molar-refractivity contribution is 0.112. The lowest BCUT2D eigenvalue weighted by Crippen LogP contribution is -1.85. The van der Waals surface area contributed by atoms with E-state index < -0.39 is 0 Å². The molecule has 0 unspecified atom stereocenters. The molecular weight excluding hydrogens is 260 g/mol. The van der Waals surface area contributed by atoms with Crippen LogP contribution in [-0.2, 0) is 5.33 Å². The van der Waals surface area contributed by atoms with Gasteiger partial charge in [0.25, 0.3) is 0 Å². The largest absolute Gasteiger partial charge is 0.298 e. The zero-order chi connectivity index (χ0) is 10.1. The van der Waals surface area contributed by atoms with Gasteiger partial charge in [0, 0.05) is 15.6 Å². The smallest absolute Gasteiger partial charge is 0.150 e. The van der Waals surface area contributed by atoms with Crippen molar-refractivity contribution >= 4 is 43.6 Å². The summed E-state index contributed by atoms with van der Waals surface area (Å²) < 4.78 is 1.25. The van der Waals surface area contributed by atoms with Crippen molar-refractivity contribution in [2.75, 3.05) is 0 Å². The number of hydrogen-bond donors (Lipinski definition) is 0. The molecule has 0 N–H and O–H groups in total. The standard InChI is InChI=1S/C11H9BrOS/c1-7-2-11-10(3-8(7)5-13)9(4-12)6-14-11/h2-3,5-6H,4H2,1H3. The van der Waals surface area contributed by atoms with Gasteiger partial charge in [-0.3, -0.25) is 4.79 Å². The first kappa shape index (κ1) is 9.87. The van der Waals surface area contributed by atoms with Gasteiger partial charge in [-0.2, -0.15) is 0 Å². The third kappa shape index (κ3) is 1.51. The van der Waals surface area contributed by atoms with Crippen molar-refractivity contribution in [3.63, 3.8) is 0 Å². The molecule has 0 saturated carbocycles. The van der Waals surface area contributed by atoms with Crippen molar-refractivity contribution in [3.05, 3.63) is 34.2 Å². The van der Waals surface area contributed by atoms with Gasteiger partial charge in [0.1, 0.15) is 6.29 Å². The fourth-order valence-corrected chi connectivity index (χ4v) is 3.19. The molecule has 72 valence electrons. The number of halogens is 1.